The number of hydrogen-bond acceptors (Lipinski definition) is 2. The van der Waals surface area contributed by atoms with Crippen molar-refractivity contribution in [2.75, 3.05) is 4.90 Å². The molecule has 0 aromatic heterocycles. The summed E-state index contributed by atoms with van der Waals surface area (Å²) in [6.07, 6.45) is 3.40. The molecule has 0 saturated heterocycles. The minimum atomic E-state index is -0.982. The first-order valence-electron chi connectivity index (χ1n) is 8.56. The average Bonchev–Trinajstić information content (AvgIpc) is 2.57. The van der Waals surface area contributed by atoms with Crippen molar-refractivity contribution < 1.29 is 18.0 Å². The molecular formula is C21H20F3NO. The number of benzene rings is 2. The molecule has 1 aliphatic rings. The molecular weight excluding hydrogens is 339 g/mol. The van der Waals surface area contributed by atoms with E-state index < -0.39 is 29.4 Å². The number of halogens is 3. The molecule has 26 heavy (non-hydrogen) atoms. The molecule has 0 radical (unpaired) electrons. The van der Waals surface area contributed by atoms with Crippen molar-refractivity contribution in [2.24, 2.45) is 5.92 Å². The van der Waals surface area contributed by atoms with Crippen LogP contribution in [-0.4, -0.2) is 5.78 Å². The zero-order valence-electron chi connectivity index (χ0n) is 14.9. The Labute approximate surface area is 150 Å². The van der Waals surface area contributed by atoms with E-state index in [0.29, 0.717) is 18.6 Å². The quantitative estimate of drug-likeness (QED) is 0.732. The molecule has 0 aliphatic carbocycles. The van der Waals surface area contributed by atoms with Crippen molar-refractivity contribution in [3.8, 4) is 0 Å². The molecule has 1 heterocycles. The van der Waals surface area contributed by atoms with Crippen LogP contribution in [0.25, 0.3) is 0 Å². The third kappa shape index (κ3) is 3.02. The maximum Gasteiger partial charge on any atom is 0.162 e. The van der Waals surface area contributed by atoms with Crippen molar-refractivity contribution >= 4 is 11.5 Å². The lowest BCUT2D eigenvalue weighted by Crippen LogP contribution is -2.38. The van der Waals surface area contributed by atoms with Crippen LogP contribution in [0.3, 0.4) is 0 Å². The molecule has 0 N–H and O–H groups in total. The van der Waals surface area contributed by atoms with E-state index in [-0.39, 0.29) is 11.3 Å². The molecule has 5 heteroatoms. The van der Waals surface area contributed by atoms with Gasteiger partial charge in [-0.2, -0.15) is 0 Å². The number of nitrogens with zero attached hydrogens (tertiary/aromatic N) is 1. The number of aryl methyl sites for hydroxylation is 1. The summed E-state index contributed by atoms with van der Waals surface area (Å²) in [6, 6.07) is 6.10. The number of allylic oxidation sites excluding steroid dienone is 1. The molecule has 0 bridgehead atoms. The van der Waals surface area contributed by atoms with Gasteiger partial charge in [0.1, 0.15) is 17.5 Å². The van der Waals surface area contributed by atoms with Crippen LogP contribution >= 0.6 is 0 Å². The minimum Gasteiger partial charge on any atom is -0.339 e. The molecule has 0 saturated carbocycles. The largest absolute Gasteiger partial charge is 0.339 e. The molecule has 1 aliphatic heterocycles. The predicted octanol–water partition coefficient (Wildman–Crippen LogP) is 5.39. The maximum absolute atomic E-state index is 14.6. The SMILES string of the molecule is CCC1C(=O)C=CN(c2cccc(C)c2C)C1c1c(F)cc(F)cc1F. The number of rotatable bonds is 3. The first kappa shape index (κ1) is 18.2. The van der Waals surface area contributed by atoms with Gasteiger partial charge in [0.25, 0.3) is 0 Å². The van der Waals surface area contributed by atoms with Crippen LogP contribution in [0.15, 0.2) is 42.6 Å². The van der Waals surface area contributed by atoms with Gasteiger partial charge in [-0.25, -0.2) is 13.2 Å². The van der Waals surface area contributed by atoms with E-state index in [2.05, 4.69) is 0 Å². The van der Waals surface area contributed by atoms with Crippen LogP contribution in [-0.2, 0) is 4.79 Å². The molecule has 2 atom stereocenters. The van der Waals surface area contributed by atoms with Gasteiger partial charge in [-0.1, -0.05) is 19.1 Å². The minimum absolute atomic E-state index is 0.192. The van der Waals surface area contributed by atoms with E-state index >= 15 is 0 Å². The first-order chi connectivity index (χ1) is 12.3. The molecule has 136 valence electrons. The fourth-order valence-corrected chi connectivity index (χ4v) is 3.57. The molecule has 2 nitrogen and oxygen atoms in total. The zero-order chi connectivity index (χ0) is 19.0. The Hall–Kier alpha value is -2.56. The Morgan fingerprint density at radius 2 is 1.73 bits per heavy atom. The Morgan fingerprint density at radius 3 is 2.35 bits per heavy atom. The standard InChI is InChI=1S/C21H20F3NO/c1-4-15-19(26)8-9-25(18-7-5-6-12(2)13(18)3)21(15)20-16(23)10-14(22)11-17(20)24/h5-11,15,21H,4H2,1-3H3. The molecule has 0 spiro atoms. The molecule has 0 amide bonds. The van der Waals surface area contributed by atoms with Crippen molar-refractivity contribution in [3.05, 3.63) is 76.7 Å². The Balaban J connectivity index is 2.24. The molecule has 2 aromatic carbocycles. The van der Waals surface area contributed by atoms with Crippen molar-refractivity contribution in [1.82, 2.24) is 0 Å². The number of anilines is 1. The van der Waals surface area contributed by atoms with Crippen LogP contribution in [0, 0.1) is 37.2 Å². The van der Waals surface area contributed by atoms with E-state index in [1.54, 1.807) is 18.0 Å². The van der Waals surface area contributed by atoms with Gasteiger partial charge in [-0.15, -0.1) is 0 Å². The highest BCUT2D eigenvalue weighted by molar-refractivity contribution is 5.94. The summed E-state index contributed by atoms with van der Waals surface area (Å²) in [5.74, 6) is -3.77. The second kappa shape index (κ2) is 6.98. The second-order valence-corrected chi connectivity index (χ2v) is 6.59. The van der Waals surface area contributed by atoms with Gasteiger partial charge in [-0.05, 0) is 43.5 Å². The number of hydrogen-bond donors (Lipinski definition) is 0. The third-order valence-corrected chi connectivity index (χ3v) is 5.08. The highest BCUT2D eigenvalue weighted by atomic mass is 19.1. The summed E-state index contributed by atoms with van der Waals surface area (Å²) in [5.41, 5.74) is 2.46. The summed E-state index contributed by atoms with van der Waals surface area (Å²) in [5, 5.41) is 0. The van der Waals surface area contributed by atoms with Crippen molar-refractivity contribution in [3.63, 3.8) is 0 Å². The fourth-order valence-electron chi connectivity index (χ4n) is 3.57. The van der Waals surface area contributed by atoms with Gasteiger partial charge in [0.2, 0.25) is 0 Å². The summed E-state index contributed by atoms with van der Waals surface area (Å²) in [7, 11) is 0. The normalized spacial score (nSPS) is 19.9. The van der Waals surface area contributed by atoms with E-state index in [9.17, 15) is 18.0 Å². The van der Waals surface area contributed by atoms with E-state index in [1.165, 1.54) is 6.08 Å². The summed E-state index contributed by atoms with van der Waals surface area (Å²) < 4.78 is 42.5. The predicted molar refractivity (Wildman–Crippen MR) is 95.4 cm³/mol. The Bertz CT molecular complexity index is 868. The molecule has 3 rings (SSSR count). The molecule has 0 fully saturated rings. The molecule has 2 unspecified atom stereocenters. The van der Waals surface area contributed by atoms with Crippen LogP contribution in [0.2, 0.25) is 0 Å². The van der Waals surface area contributed by atoms with Crippen LogP contribution in [0.5, 0.6) is 0 Å². The smallest absolute Gasteiger partial charge is 0.162 e. The number of ketones is 1. The van der Waals surface area contributed by atoms with Gasteiger partial charge in [0, 0.05) is 35.5 Å². The average molecular weight is 359 g/mol. The van der Waals surface area contributed by atoms with Gasteiger partial charge in [0.15, 0.2) is 5.78 Å². The highest BCUT2D eigenvalue weighted by Gasteiger charge is 2.38. The topological polar surface area (TPSA) is 20.3 Å². The van der Waals surface area contributed by atoms with E-state index in [0.717, 1.165) is 16.8 Å². The number of carbonyl (C=O) groups is 1. The Kier molecular flexibility index (Phi) is 4.90. The van der Waals surface area contributed by atoms with Crippen LogP contribution < -0.4 is 4.90 Å². The second-order valence-electron chi connectivity index (χ2n) is 6.59. The maximum atomic E-state index is 14.6. The monoisotopic (exact) mass is 359 g/mol. The van der Waals surface area contributed by atoms with E-state index in [4.69, 9.17) is 0 Å². The number of carbonyl (C=O) groups excluding carboxylic acids is 1. The van der Waals surface area contributed by atoms with Crippen LogP contribution in [0.1, 0.15) is 36.1 Å². The lowest BCUT2D eigenvalue weighted by atomic mass is 9.83. The summed E-state index contributed by atoms with van der Waals surface area (Å²) in [6.45, 7) is 5.67. The fraction of sp³-hybridized carbons (Fsp3) is 0.286. The third-order valence-electron chi connectivity index (χ3n) is 5.08. The van der Waals surface area contributed by atoms with Gasteiger partial charge in [-0.3, -0.25) is 4.79 Å². The highest BCUT2D eigenvalue weighted by Crippen LogP contribution is 2.42. The van der Waals surface area contributed by atoms with E-state index in [1.807, 2.05) is 32.0 Å². The van der Waals surface area contributed by atoms with Gasteiger partial charge < -0.3 is 4.90 Å². The van der Waals surface area contributed by atoms with Crippen molar-refractivity contribution in [2.45, 2.75) is 33.2 Å². The zero-order valence-corrected chi connectivity index (χ0v) is 14.9. The van der Waals surface area contributed by atoms with Gasteiger partial charge >= 0.3 is 0 Å². The van der Waals surface area contributed by atoms with Crippen molar-refractivity contribution in [1.29, 1.82) is 0 Å². The Morgan fingerprint density at radius 1 is 1.08 bits per heavy atom. The lowest BCUT2D eigenvalue weighted by molar-refractivity contribution is -0.119. The summed E-state index contributed by atoms with van der Waals surface area (Å²) in [4.78, 5) is 14.1. The lowest BCUT2D eigenvalue weighted by Gasteiger charge is -2.39. The van der Waals surface area contributed by atoms with Crippen LogP contribution in [0.4, 0.5) is 18.9 Å². The molecule has 2 aromatic rings. The van der Waals surface area contributed by atoms with Gasteiger partial charge in [0.05, 0.1) is 6.04 Å². The summed E-state index contributed by atoms with van der Waals surface area (Å²) >= 11 is 0. The first-order valence-corrected chi connectivity index (χ1v) is 8.56.